The molecule has 0 bridgehead atoms. The van der Waals surface area contributed by atoms with Crippen LogP contribution < -0.4 is 5.73 Å². The molecule has 1 aliphatic heterocycles. The first-order valence-electron chi connectivity index (χ1n) is 7.71. The fourth-order valence-electron chi connectivity index (χ4n) is 3.17. The molecule has 1 aromatic heterocycles. The van der Waals surface area contributed by atoms with E-state index >= 15 is 0 Å². The zero-order valence-corrected chi connectivity index (χ0v) is 15.0. The lowest BCUT2D eigenvalue weighted by Crippen LogP contribution is -2.42. The van der Waals surface area contributed by atoms with Gasteiger partial charge in [0, 0.05) is 23.8 Å². The van der Waals surface area contributed by atoms with Gasteiger partial charge < -0.3 is 10.6 Å². The summed E-state index contributed by atoms with van der Waals surface area (Å²) in [4.78, 5) is 15.4. The van der Waals surface area contributed by atoms with Crippen molar-refractivity contribution in [2.45, 2.75) is 32.7 Å². The van der Waals surface area contributed by atoms with Crippen molar-refractivity contribution in [3.05, 3.63) is 34.5 Å². The van der Waals surface area contributed by atoms with E-state index in [-0.39, 0.29) is 30.2 Å². The lowest BCUT2D eigenvalue weighted by molar-refractivity contribution is 0.0685. The summed E-state index contributed by atoms with van der Waals surface area (Å²) in [6.45, 7) is 5.45. The van der Waals surface area contributed by atoms with Crippen LogP contribution in [0.25, 0.3) is 10.1 Å². The minimum atomic E-state index is -0.259. The summed E-state index contributed by atoms with van der Waals surface area (Å²) >= 11 is 1.46. The summed E-state index contributed by atoms with van der Waals surface area (Å²) in [7, 11) is 0. The van der Waals surface area contributed by atoms with Gasteiger partial charge in [-0.1, -0.05) is 0 Å². The second kappa shape index (κ2) is 7.16. The number of halogens is 2. The summed E-state index contributed by atoms with van der Waals surface area (Å²) in [5.74, 6) is 0.314. The quantitative estimate of drug-likeness (QED) is 0.884. The van der Waals surface area contributed by atoms with Crippen molar-refractivity contribution in [1.29, 1.82) is 0 Å². The number of piperidine rings is 1. The first-order chi connectivity index (χ1) is 10.5. The summed E-state index contributed by atoms with van der Waals surface area (Å²) in [6, 6.07) is 4.90. The lowest BCUT2D eigenvalue weighted by Gasteiger charge is -2.33. The number of nitrogens with two attached hydrogens (primary N) is 1. The van der Waals surface area contributed by atoms with Crippen LogP contribution in [0.2, 0.25) is 0 Å². The predicted octanol–water partition coefficient (Wildman–Crippen LogP) is 3.97. The molecule has 3 nitrogen and oxygen atoms in total. The van der Waals surface area contributed by atoms with E-state index in [2.05, 4.69) is 0 Å². The van der Waals surface area contributed by atoms with Gasteiger partial charge in [0.2, 0.25) is 0 Å². The number of thiophene rings is 1. The topological polar surface area (TPSA) is 46.3 Å². The molecule has 1 amide bonds. The molecule has 126 valence electrons. The van der Waals surface area contributed by atoms with Crippen LogP contribution in [0.3, 0.4) is 0 Å². The van der Waals surface area contributed by atoms with Crippen LogP contribution in [0.15, 0.2) is 18.2 Å². The van der Waals surface area contributed by atoms with E-state index < -0.39 is 0 Å². The van der Waals surface area contributed by atoms with Crippen molar-refractivity contribution < 1.29 is 9.18 Å². The molecule has 1 atom stereocenters. The van der Waals surface area contributed by atoms with E-state index in [1.54, 1.807) is 6.07 Å². The van der Waals surface area contributed by atoms with Gasteiger partial charge in [0.15, 0.2) is 0 Å². The van der Waals surface area contributed by atoms with Gasteiger partial charge in [-0.15, -0.1) is 23.7 Å². The van der Waals surface area contributed by atoms with Crippen LogP contribution in [-0.4, -0.2) is 29.9 Å². The average Bonchev–Trinajstić information content (AvgIpc) is 2.83. The number of rotatable bonds is 2. The minimum absolute atomic E-state index is 0. The predicted molar refractivity (Wildman–Crippen MR) is 96.0 cm³/mol. The monoisotopic (exact) mass is 356 g/mol. The molecule has 2 aromatic rings. The molecular formula is C17H22ClFN2OS. The fraction of sp³-hybridized carbons (Fsp3) is 0.471. The van der Waals surface area contributed by atoms with Crippen LogP contribution in [-0.2, 0) is 0 Å². The second-order valence-corrected chi connectivity index (χ2v) is 7.24. The Labute approximate surface area is 146 Å². The molecule has 0 saturated carbocycles. The Kier molecular flexibility index (Phi) is 5.65. The molecule has 1 aliphatic rings. The highest BCUT2D eigenvalue weighted by Gasteiger charge is 2.27. The number of nitrogens with zero attached hydrogens (tertiary/aromatic N) is 1. The van der Waals surface area contributed by atoms with Gasteiger partial charge in [0.05, 0.1) is 4.88 Å². The van der Waals surface area contributed by atoms with Gasteiger partial charge in [-0.25, -0.2) is 4.39 Å². The molecule has 2 N–H and O–H groups in total. The summed E-state index contributed by atoms with van der Waals surface area (Å²) in [5, 5.41) is 0.846. The maximum absolute atomic E-state index is 13.4. The molecule has 0 aliphatic carbocycles. The zero-order valence-electron chi connectivity index (χ0n) is 13.3. The Bertz CT molecular complexity index is 708. The number of likely N-dealkylation sites (tertiary alicyclic amines) is 1. The van der Waals surface area contributed by atoms with E-state index in [4.69, 9.17) is 5.73 Å². The summed E-state index contributed by atoms with van der Waals surface area (Å²) in [5.41, 5.74) is 6.84. The highest BCUT2D eigenvalue weighted by atomic mass is 35.5. The third kappa shape index (κ3) is 3.52. The third-order valence-corrected chi connectivity index (χ3v) is 5.92. The molecule has 0 spiro atoms. The minimum Gasteiger partial charge on any atom is -0.338 e. The lowest BCUT2D eigenvalue weighted by atomic mass is 9.91. The molecular weight excluding hydrogens is 335 g/mol. The highest BCUT2D eigenvalue weighted by Crippen LogP contribution is 2.33. The number of carbonyl (C=O) groups excluding carboxylic acids is 1. The number of carbonyl (C=O) groups is 1. The largest absolute Gasteiger partial charge is 0.338 e. The number of aryl methyl sites for hydroxylation is 1. The normalized spacial score (nSPS) is 17.1. The molecule has 1 aromatic carbocycles. The number of hydrogen-bond acceptors (Lipinski definition) is 3. The first-order valence-corrected chi connectivity index (χ1v) is 8.52. The third-order valence-electron chi connectivity index (χ3n) is 4.66. The van der Waals surface area contributed by atoms with Crippen LogP contribution in [0.1, 0.15) is 35.0 Å². The SMILES string of the molecule is Cc1c(C(=O)N2CCC(C(C)N)CC2)sc2ccc(F)cc12.Cl. The van der Waals surface area contributed by atoms with Crippen molar-refractivity contribution in [3.8, 4) is 0 Å². The van der Waals surface area contributed by atoms with Gasteiger partial charge in [0.25, 0.3) is 5.91 Å². The highest BCUT2D eigenvalue weighted by molar-refractivity contribution is 7.21. The fourth-order valence-corrected chi connectivity index (χ4v) is 4.33. The maximum atomic E-state index is 13.4. The Morgan fingerprint density at radius 3 is 2.65 bits per heavy atom. The van der Waals surface area contributed by atoms with Crippen LogP contribution >= 0.6 is 23.7 Å². The van der Waals surface area contributed by atoms with Crippen molar-refractivity contribution in [2.75, 3.05) is 13.1 Å². The first kappa shape index (κ1) is 18.2. The molecule has 3 rings (SSSR count). The molecule has 1 unspecified atom stereocenters. The van der Waals surface area contributed by atoms with Gasteiger partial charge in [-0.05, 0) is 61.8 Å². The second-order valence-electron chi connectivity index (χ2n) is 6.19. The Morgan fingerprint density at radius 2 is 2.04 bits per heavy atom. The van der Waals surface area contributed by atoms with Crippen molar-refractivity contribution in [2.24, 2.45) is 11.7 Å². The molecule has 2 heterocycles. The zero-order chi connectivity index (χ0) is 15.9. The number of benzene rings is 1. The number of hydrogen-bond donors (Lipinski definition) is 1. The molecule has 0 radical (unpaired) electrons. The average molecular weight is 357 g/mol. The standard InChI is InChI=1S/C17H21FN2OS.ClH/c1-10-14-9-13(18)3-4-15(14)22-16(10)17(21)20-7-5-12(6-8-20)11(2)19;/h3-4,9,11-12H,5-8,19H2,1-2H3;1H. The Balaban J connectivity index is 0.00000192. The van der Waals surface area contributed by atoms with Crippen LogP contribution in [0.5, 0.6) is 0 Å². The number of amides is 1. The van der Waals surface area contributed by atoms with E-state index in [0.29, 0.717) is 5.92 Å². The number of fused-ring (bicyclic) bond motifs is 1. The van der Waals surface area contributed by atoms with Crippen LogP contribution in [0, 0.1) is 18.7 Å². The van der Waals surface area contributed by atoms with E-state index in [1.165, 1.54) is 23.5 Å². The van der Waals surface area contributed by atoms with Crippen molar-refractivity contribution in [1.82, 2.24) is 4.90 Å². The van der Waals surface area contributed by atoms with E-state index in [1.807, 2.05) is 18.7 Å². The van der Waals surface area contributed by atoms with E-state index in [0.717, 1.165) is 46.5 Å². The van der Waals surface area contributed by atoms with Crippen molar-refractivity contribution >= 4 is 39.7 Å². The van der Waals surface area contributed by atoms with E-state index in [9.17, 15) is 9.18 Å². The van der Waals surface area contributed by atoms with Gasteiger partial charge in [-0.2, -0.15) is 0 Å². The molecule has 6 heteroatoms. The summed E-state index contributed by atoms with van der Waals surface area (Å²) in [6.07, 6.45) is 1.92. The Morgan fingerprint density at radius 1 is 1.39 bits per heavy atom. The molecule has 1 fully saturated rings. The smallest absolute Gasteiger partial charge is 0.264 e. The maximum Gasteiger partial charge on any atom is 0.264 e. The van der Waals surface area contributed by atoms with Crippen molar-refractivity contribution in [3.63, 3.8) is 0 Å². The summed E-state index contributed by atoms with van der Waals surface area (Å²) < 4.78 is 14.4. The molecule has 23 heavy (non-hydrogen) atoms. The van der Waals surface area contributed by atoms with Gasteiger partial charge >= 0.3 is 0 Å². The van der Waals surface area contributed by atoms with Gasteiger partial charge in [-0.3, -0.25) is 4.79 Å². The van der Waals surface area contributed by atoms with Crippen LogP contribution in [0.4, 0.5) is 4.39 Å². The Hall–Kier alpha value is -1.17. The van der Waals surface area contributed by atoms with Gasteiger partial charge in [0.1, 0.15) is 5.82 Å². The molecule has 1 saturated heterocycles.